The molecule has 2 aromatic rings. The van der Waals surface area contributed by atoms with Gasteiger partial charge in [-0.15, -0.1) is 0 Å². The van der Waals surface area contributed by atoms with Crippen molar-refractivity contribution >= 4 is 17.5 Å². The molecule has 104 valence electrons. The van der Waals surface area contributed by atoms with Crippen LogP contribution in [0.2, 0.25) is 0 Å². The van der Waals surface area contributed by atoms with Gasteiger partial charge in [-0.25, -0.2) is 0 Å². The van der Waals surface area contributed by atoms with E-state index in [1.165, 1.54) is 5.56 Å². The summed E-state index contributed by atoms with van der Waals surface area (Å²) in [5.41, 5.74) is 1.84. The molecule has 1 aromatic carbocycles. The van der Waals surface area contributed by atoms with Crippen LogP contribution in [0.1, 0.15) is 12.5 Å². The Labute approximate surface area is 114 Å². The van der Waals surface area contributed by atoms with Crippen molar-refractivity contribution in [2.24, 2.45) is 0 Å². The molecule has 0 unspecified atom stereocenters. The number of nitro groups is 1. The van der Waals surface area contributed by atoms with E-state index in [4.69, 9.17) is 0 Å². The maximum absolute atomic E-state index is 11.7. The predicted octanol–water partition coefficient (Wildman–Crippen LogP) is 1.39. The lowest BCUT2D eigenvalue weighted by Gasteiger charge is -2.04. The Morgan fingerprint density at radius 2 is 2.10 bits per heavy atom. The monoisotopic (exact) mass is 275 g/mol. The summed E-state index contributed by atoms with van der Waals surface area (Å²) in [7, 11) is 0. The fourth-order valence-corrected chi connectivity index (χ4v) is 1.62. The maximum Gasteiger partial charge on any atom is 0.490 e. The lowest BCUT2D eigenvalue weighted by molar-refractivity contribution is -0.394. The second-order valence-electron chi connectivity index (χ2n) is 4.10. The van der Waals surface area contributed by atoms with Gasteiger partial charge in [0.1, 0.15) is 6.54 Å². The highest BCUT2D eigenvalue weighted by Gasteiger charge is 2.15. The van der Waals surface area contributed by atoms with Crippen molar-refractivity contribution in [1.29, 1.82) is 0 Å². The minimum absolute atomic E-state index is 0.129. The van der Waals surface area contributed by atoms with Crippen molar-refractivity contribution in [3.63, 3.8) is 0 Å². The zero-order chi connectivity index (χ0) is 14.5. The molecule has 8 nitrogen and oxygen atoms in total. The zero-order valence-electron chi connectivity index (χ0n) is 10.8. The number of nitrogens with zero attached hydrogens (tertiary/aromatic N) is 4. The second kappa shape index (κ2) is 5.91. The Bertz CT molecular complexity index is 620. The van der Waals surface area contributed by atoms with Gasteiger partial charge in [-0.05, 0) is 29.0 Å². The highest BCUT2D eigenvalue weighted by atomic mass is 16.6. The van der Waals surface area contributed by atoms with Crippen LogP contribution < -0.4 is 5.32 Å². The molecule has 8 heteroatoms. The average molecular weight is 275 g/mol. The van der Waals surface area contributed by atoms with Crippen molar-refractivity contribution in [1.82, 2.24) is 14.8 Å². The fourth-order valence-electron chi connectivity index (χ4n) is 1.62. The van der Waals surface area contributed by atoms with E-state index in [0.29, 0.717) is 5.69 Å². The molecule has 0 saturated carbocycles. The van der Waals surface area contributed by atoms with Crippen LogP contribution >= 0.6 is 0 Å². The Morgan fingerprint density at radius 3 is 2.65 bits per heavy atom. The van der Waals surface area contributed by atoms with Crippen LogP contribution in [0.4, 0.5) is 11.6 Å². The van der Waals surface area contributed by atoms with E-state index in [2.05, 4.69) is 15.4 Å². The summed E-state index contributed by atoms with van der Waals surface area (Å²) in [6, 6.07) is 7.47. The number of aromatic nitrogens is 3. The summed E-state index contributed by atoms with van der Waals surface area (Å²) in [5, 5.41) is 16.7. The Morgan fingerprint density at radius 1 is 1.40 bits per heavy atom. The van der Waals surface area contributed by atoms with Crippen LogP contribution in [-0.2, 0) is 17.8 Å². The topological polar surface area (TPSA) is 103 Å². The number of aryl methyl sites for hydroxylation is 1. The molecule has 1 aromatic heterocycles. The molecule has 1 heterocycles. The fraction of sp³-hybridized carbons (Fsp3) is 0.250. The number of nitrogens with one attached hydrogen (secondary N) is 1. The summed E-state index contributed by atoms with van der Waals surface area (Å²) in [4.78, 5) is 24.9. The lowest BCUT2D eigenvalue weighted by Crippen LogP contribution is -2.19. The molecule has 20 heavy (non-hydrogen) atoms. The van der Waals surface area contributed by atoms with Crippen LogP contribution in [0, 0.1) is 10.1 Å². The highest BCUT2D eigenvalue weighted by molar-refractivity contribution is 5.90. The number of hydrogen-bond donors (Lipinski definition) is 1. The van der Waals surface area contributed by atoms with Crippen molar-refractivity contribution in [3.05, 3.63) is 46.3 Å². The van der Waals surface area contributed by atoms with Gasteiger partial charge in [0.2, 0.25) is 12.2 Å². The number of anilines is 1. The van der Waals surface area contributed by atoms with Crippen LogP contribution in [0.5, 0.6) is 0 Å². The molecule has 1 N–H and O–H groups in total. The summed E-state index contributed by atoms with van der Waals surface area (Å²) in [6.07, 6.45) is 2.08. The van der Waals surface area contributed by atoms with Gasteiger partial charge in [-0.3, -0.25) is 4.79 Å². The molecule has 0 bridgehead atoms. The first-order chi connectivity index (χ1) is 9.58. The van der Waals surface area contributed by atoms with E-state index in [0.717, 1.165) is 17.4 Å². The van der Waals surface area contributed by atoms with Crippen molar-refractivity contribution < 1.29 is 9.72 Å². The lowest BCUT2D eigenvalue weighted by atomic mass is 10.1. The minimum atomic E-state index is -0.710. The third kappa shape index (κ3) is 3.37. The molecule has 0 aliphatic carbocycles. The SMILES string of the molecule is CCc1ccc(NC(=O)Cn2cnc([N+](=O)[O-])n2)cc1. The Kier molecular flexibility index (Phi) is 4.04. The molecule has 0 atom stereocenters. The van der Waals surface area contributed by atoms with Gasteiger partial charge in [-0.2, -0.15) is 4.68 Å². The molecule has 1 amide bonds. The van der Waals surface area contributed by atoms with Crippen molar-refractivity contribution in [2.75, 3.05) is 5.32 Å². The molecule has 0 aliphatic rings. The van der Waals surface area contributed by atoms with Gasteiger partial charge in [-0.1, -0.05) is 24.0 Å². The van der Waals surface area contributed by atoms with E-state index < -0.39 is 10.9 Å². The molecule has 0 saturated heterocycles. The Hall–Kier alpha value is -2.77. The van der Waals surface area contributed by atoms with Crippen LogP contribution in [-0.4, -0.2) is 25.6 Å². The highest BCUT2D eigenvalue weighted by Crippen LogP contribution is 2.10. The van der Waals surface area contributed by atoms with Gasteiger partial charge in [0, 0.05) is 10.8 Å². The number of rotatable bonds is 5. The second-order valence-corrected chi connectivity index (χ2v) is 4.10. The van der Waals surface area contributed by atoms with Crippen LogP contribution in [0.15, 0.2) is 30.6 Å². The van der Waals surface area contributed by atoms with Crippen molar-refractivity contribution in [2.45, 2.75) is 19.9 Å². The van der Waals surface area contributed by atoms with Crippen LogP contribution in [0.25, 0.3) is 0 Å². The zero-order valence-corrected chi connectivity index (χ0v) is 10.8. The van der Waals surface area contributed by atoms with E-state index in [1.807, 2.05) is 19.1 Å². The van der Waals surface area contributed by atoms with E-state index in [1.54, 1.807) is 12.1 Å². The molecule has 0 fully saturated rings. The first-order valence-electron chi connectivity index (χ1n) is 6.01. The summed E-state index contributed by atoms with van der Waals surface area (Å²) < 4.78 is 1.12. The van der Waals surface area contributed by atoms with Gasteiger partial charge in [0.05, 0.1) is 0 Å². The summed E-state index contributed by atoms with van der Waals surface area (Å²) in [5.74, 6) is -0.848. The summed E-state index contributed by atoms with van der Waals surface area (Å²) >= 11 is 0. The molecular weight excluding hydrogens is 262 g/mol. The quantitative estimate of drug-likeness (QED) is 0.656. The molecular formula is C12H13N5O3. The average Bonchev–Trinajstić information content (AvgIpc) is 2.88. The number of carbonyl (C=O) groups is 1. The van der Waals surface area contributed by atoms with Gasteiger partial charge in [0.25, 0.3) is 0 Å². The minimum Gasteiger partial charge on any atom is -0.390 e. The molecule has 0 radical (unpaired) electrons. The first-order valence-corrected chi connectivity index (χ1v) is 6.01. The van der Waals surface area contributed by atoms with Gasteiger partial charge >= 0.3 is 5.95 Å². The Balaban J connectivity index is 1.95. The molecule has 2 rings (SSSR count). The van der Waals surface area contributed by atoms with E-state index in [-0.39, 0.29) is 12.5 Å². The first kappa shape index (κ1) is 13.7. The summed E-state index contributed by atoms with van der Waals surface area (Å²) in [6.45, 7) is 1.92. The van der Waals surface area contributed by atoms with Crippen LogP contribution in [0.3, 0.4) is 0 Å². The number of carbonyl (C=O) groups excluding carboxylic acids is 1. The number of benzene rings is 1. The van der Waals surface area contributed by atoms with E-state index in [9.17, 15) is 14.9 Å². The maximum atomic E-state index is 11.7. The number of hydrogen-bond acceptors (Lipinski definition) is 5. The standard InChI is InChI=1S/C12H13N5O3/c1-2-9-3-5-10(6-4-9)14-11(18)7-16-8-13-12(15-16)17(19)20/h3-6,8H,2,7H2,1H3,(H,14,18). The van der Waals surface area contributed by atoms with Gasteiger partial charge < -0.3 is 15.4 Å². The van der Waals surface area contributed by atoms with Gasteiger partial charge in [0.15, 0.2) is 0 Å². The third-order valence-corrected chi connectivity index (χ3v) is 2.64. The molecule has 0 spiro atoms. The normalized spacial score (nSPS) is 10.2. The predicted molar refractivity (Wildman–Crippen MR) is 71.1 cm³/mol. The smallest absolute Gasteiger partial charge is 0.390 e. The van der Waals surface area contributed by atoms with Crippen molar-refractivity contribution in [3.8, 4) is 0 Å². The van der Waals surface area contributed by atoms with E-state index >= 15 is 0 Å². The third-order valence-electron chi connectivity index (χ3n) is 2.64. The molecule has 0 aliphatic heterocycles. The largest absolute Gasteiger partial charge is 0.490 e. The number of amides is 1.